The minimum Gasteiger partial charge on any atom is -0.507 e. The molecule has 12 nitrogen and oxygen atoms in total. The molecule has 2 N–H and O–H groups in total. The molecule has 3 aliphatic carbocycles. The molecular weight excluding hydrogens is 719 g/mol. The highest BCUT2D eigenvalue weighted by Crippen LogP contribution is 2.59. The Morgan fingerprint density at radius 2 is 1.67 bits per heavy atom. The Hall–Kier alpha value is -3.68. The van der Waals surface area contributed by atoms with Crippen LogP contribution in [0.3, 0.4) is 0 Å². The molecule has 0 unspecified atom stereocenters. The van der Waals surface area contributed by atoms with E-state index in [1.165, 1.54) is 7.11 Å². The van der Waals surface area contributed by atoms with Crippen molar-refractivity contribution in [2.45, 2.75) is 124 Å². The summed E-state index contributed by atoms with van der Waals surface area (Å²) < 4.78 is 31.5. The number of amides is 1. The molecule has 0 bridgehead atoms. The molecule has 0 radical (unpaired) electrons. The molecule has 0 aliphatic heterocycles. The van der Waals surface area contributed by atoms with Crippen LogP contribution in [0.4, 0.5) is 0 Å². The summed E-state index contributed by atoms with van der Waals surface area (Å²) in [5, 5.41) is 19.5. The molecule has 2 aromatic rings. The summed E-state index contributed by atoms with van der Waals surface area (Å²) >= 11 is 0. The fourth-order valence-electron chi connectivity index (χ4n) is 7.82. The van der Waals surface area contributed by atoms with Crippen molar-refractivity contribution in [2.75, 3.05) is 41.0 Å². The molecule has 1 saturated carbocycles. The summed E-state index contributed by atoms with van der Waals surface area (Å²) in [6.45, 7) is 21.4. The van der Waals surface area contributed by atoms with Crippen molar-refractivity contribution in [3.8, 4) is 17.4 Å². The Balaban J connectivity index is 1.80. The first-order valence-corrected chi connectivity index (χ1v) is 22.7. The van der Waals surface area contributed by atoms with Gasteiger partial charge in [0.05, 0.1) is 37.5 Å². The lowest BCUT2D eigenvalue weighted by Gasteiger charge is -2.55. The number of unbranched alkanes of at least 4 members (excludes halogenated alkanes) is 2. The summed E-state index contributed by atoms with van der Waals surface area (Å²) in [6, 6.07) is 1.09. The Morgan fingerprint density at radius 3 is 2.24 bits per heavy atom. The highest BCUT2D eigenvalue weighted by Gasteiger charge is 2.69. The maximum Gasteiger partial charge on any atom is 0.265 e. The first kappa shape index (κ1) is 42.5. The number of benzene rings is 1. The quantitative estimate of drug-likeness (QED) is 0.109. The molecule has 5 rings (SSSR count). The Labute approximate surface area is 327 Å². The topological polar surface area (TPSA) is 150 Å². The van der Waals surface area contributed by atoms with Crippen LogP contribution in [0.5, 0.6) is 17.4 Å². The van der Waals surface area contributed by atoms with Gasteiger partial charge in [0.15, 0.2) is 19.7 Å². The first-order valence-electron chi connectivity index (χ1n) is 19.8. The van der Waals surface area contributed by atoms with E-state index in [2.05, 4.69) is 31.2 Å². The number of aliphatic hydroxyl groups excluding tert-OH is 1. The molecule has 1 amide bonds. The predicted molar refractivity (Wildman–Crippen MR) is 214 cm³/mol. The number of aliphatic hydroxyl groups is 1. The number of ether oxygens (including phenoxy) is 3. The van der Waals surface area contributed by atoms with Gasteiger partial charge in [0.25, 0.3) is 11.8 Å². The van der Waals surface area contributed by atoms with Gasteiger partial charge in [-0.3, -0.25) is 19.3 Å². The van der Waals surface area contributed by atoms with E-state index in [0.29, 0.717) is 49.5 Å². The zero-order valence-electron chi connectivity index (χ0n) is 35.3. The number of hydrogen-bond donors (Lipinski definition) is 2. The number of fused-ring (bicyclic) bond motifs is 4. The van der Waals surface area contributed by atoms with Gasteiger partial charge in [-0.05, 0) is 80.5 Å². The summed E-state index contributed by atoms with van der Waals surface area (Å²) in [5.74, 6) is -2.11. The average Bonchev–Trinajstić information content (AvgIpc) is 3.50. The standard InChI is InChI=1S/C42H63N3O9Si/c1-14-16-18-51-34-26(38(49)43-23-40(3,4)5)22-28(50-11)25-20-24-21-27-32(45(9)10)35-31(39(44-53-35)52-19-17-15-2)37(48)42(27,54-55(12,13)41(6,7)8)36(47)29(24)33(46)30(25)34/h22,24,27,32,46H,14-21,23H2,1-13H3,(H,43,49)/t24-,27-,32-,42-/m0/s1. The van der Waals surface area contributed by atoms with E-state index in [-0.39, 0.29) is 62.6 Å². The number of nitrogens with zero attached hydrogens (tertiary/aromatic N) is 2. The monoisotopic (exact) mass is 781 g/mol. The van der Waals surface area contributed by atoms with Crippen molar-refractivity contribution in [3.63, 3.8) is 0 Å². The molecule has 13 heteroatoms. The highest BCUT2D eigenvalue weighted by molar-refractivity contribution is 6.74. The summed E-state index contributed by atoms with van der Waals surface area (Å²) in [6.07, 6.45) is 3.77. The van der Waals surface area contributed by atoms with E-state index in [0.717, 1.165) is 19.3 Å². The SMILES string of the molecule is CCCCOc1noc2c1C(=O)[C@@]1(O[Si](C)(C)C(C)(C)C)C(=O)C3=C(O)c4c(c(OC)cc(C(=O)NCC(C)(C)C)c4OCCCC)C[C@H]3C[C@H]1[C@@H]2N(C)C. The Morgan fingerprint density at radius 1 is 1.04 bits per heavy atom. The maximum absolute atomic E-state index is 15.8. The van der Waals surface area contributed by atoms with Crippen molar-refractivity contribution < 1.29 is 42.6 Å². The minimum atomic E-state index is -2.91. The second-order valence-corrected chi connectivity index (χ2v) is 23.1. The third kappa shape index (κ3) is 7.60. The molecule has 4 atom stereocenters. The molecule has 0 saturated heterocycles. The zero-order chi connectivity index (χ0) is 40.8. The van der Waals surface area contributed by atoms with Crippen LogP contribution in [-0.2, 0) is 15.6 Å². The largest absolute Gasteiger partial charge is 0.507 e. The van der Waals surface area contributed by atoms with Crippen LogP contribution in [-0.4, -0.2) is 87.5 Å². The van der Waals surface area contributed by atoms with Gasteiger partial charge in [0.1, 0.15) is 22.8 Å². The van der Waals surface area contributed by atoms with Crippen LogP contribution in [0.15, 0.2) is 16.2 Å². The van der Waals surface area contributed by atoms with Crippen molar-refractivity contribution in [3.05, 3.63) is 39.7 Å². The zero-order valence-corrected chi connectivity index (χ0v) is 36.3. The van der Waals surface area contributed by atoms with Gasteiger partial charge in [-0.1, -0.05) is 68.2 Å². The molecule has 3 aliphatic rings. The number of nitrogens with one attached hydrogen (secondary N) is 1. The maximum atomic E-state index is 15.8. The van der Waals surface area contributed by atoms with Gasteiger partial charge >= 0.3 is 0 Å². The summed E-state index contributed by atoms with van der Waals surface area (Å²) in [7, 11) is 2.40. The molecule has 55 heavy (non-hydrogen) atoms. The lowest BCUT2D eigenvalue weighted by Crippen LogP contribution is -2.68. The molecule has 1 aromatic heterocycles. The van der Waals surface area contributed by atoms with Gasteiger partial charge in [-0.15, -0.1) is 0 Å². The van der Waals surface area contributed by atoms with E-state index >= 15 is 9.59 Å². The molecular formula is C42H63N3O9Si. The molecule has 1 aromatic carbocycles. The molecule has 304 valence electrons. The van der Waals surface area contributed by atoms with Crippen molar-refractivity contribution in [1.29, 1.82) is 0 Å². The number of ketones is 2. The van der Waals surface area contributed by atoms with Crippen LogP contribution >= 0.6 is 0 Å². The number of aromatic nitrogens is 1. The summed E-state index contributed by atoms with van der Waals surface area (Å²) in [4.78, 5) is 47.0. The van der Waals surface area contributed by atoms with Gasteiger partial charge in [-0.2, -0.15) is 0 Å². The van der Waals surface area contributed by atoms with E-state index in [1.54, 1.807) is 6.07 Å². The first-order chi connectivity index (χ1) is 25.7. The normalized spacial score (nSPS) is 22.5. The van der Waals surface area contributed by atoms with E-state index in [9.17, 15) is 9.90 Å². The van der Waals surface area contributed by atoms with E-state index in [4.69, 9.17) is 23.2 Å². The Bertz CT molecular complexity index is 1830. The minimum absolute atomic E-state index is 0.0429. The number of carbonyl (C=O) groups excluding carboxylic acids is 3. The number of hydrogen-bond acceptors (Lipinski definition) is 11. The van der Waals surface area contributed by atoms with Crippen molar-refractivity contribution in [1.82, 2.24) is 15.4 Å². The third-order valence-electron chi connectivity index (χ3n) is 11.7. The number of carbonyl (C=O) groups is 3. The number of rotatable bonds is 14. The van der Waals surface area contributed by atoms with E-state index in [1.807, 2.05) is 66.7 Å². The predicted octanol–water partition coefficient (Wildman–Crippen LogP) is 8.11. The molecule has 1 heterocycles. The van der Waals surface area contributed by atoms with Gasteiger partial charge in [-0.25, -0.2) is 0 Å². The fourth-order valence-corrected chi connectivity index (χ4v) is 9.27. The van der Waals surface area contributed by atoms with Crippen molar-refractivity contribution in [2.24, 2.45) is 17.3 Å². The Kier molecular flexibility index (Phi) is 12.1. The van der Waals surface area contributed by atoms with Gasteiger partial charge in [0.2, 0.25) is 11.6 Å². The van der Waals surface area contributed by atoms with Gasteiger partial charge < -0.3 is 33.6 Å². The number of methoxy groups -OCH3 is 1. The highest BCUT2D eigenvalue weighted by atomic mass is 28.4. The van der Waals surface area contributed by atoms with Crippen LogP contribution in [0.25, 0.3) is 5.76 Å². The van der Waals surface area contributed by atoms with Crippen LogP contribution in [0, 0.1) is 17.3 Å². The van der Waals surface area contributed by atoms with E-state index < -0.39 is 43.4 Å². The van der Waals surface area contributed by atoms with Crippen LogP contribution < -0.4 is 19.5 Å². The molecule has 1 fully saturated rings. The second-order valence-electron chi connectivity index (χ2n) is 18.4. The molecule has 0 spiro atoms. The van der Waals surface area contributed by atoms with Crippen molar-refractivity contribution >= 4 is 31.6 Å². The van der Waals surface area contributed by atoms with Crippen LogP contribution in [0.1, 0.15) is 131 Å². The fraction of sp³-hybridized carbons (Fsp3) is 0.667. The smallest absolute Gasteiger partial charge is 0.265 e. The lowest BCUT2D eigenvalue weighted by molar-refractivity contribution is -0.140. The third-order valence-corrected chi connectivity index (χ3v) is 16.2. The second kappa shape index (κ2) is 15.7. The number of Topliss-reactive ketones (excluding diaryl/α,β-unsaturated/α-hetero) is 2. The average molecular weight is 782 g/mol. The summed E-state index contributed by atoms with van der Waals surface area (Å²) in [5.41, 5.74) is -0.953. The van der Waals surface area contributed by atoms with Gasteiger partial charge in [0, 0.05) is 23.6 Å². The lowest BCUT2D eigenvalue weighted by atomic mass is 9.57. The van der Waals surface area contributed by atoms with Crippen LogP contribution in [0.2, 0.25) is 18.1 Å².